The lowest BCUT2D eigenvalue weighted by molar-refractivity contribution is -0.125. The summed E-state index contributed by atoms with van der Waals surface area (Å²) >= 11 is 0. The summed E-state index contributed by atoms with van der Waals surface area (Å²) in [4.78, 5) is 43.8. The molecular formula is C22H26N2O5. The third-order valence-corrected chi connectivity index (χ3v) is 3.61. The van der Waals surface area contributed by atoms with E-state index in [-0.39, 0.29) is 36.2 Å². The molecule has 0 saturated carbocycles. The first-order valence-corrected chi connectivity index (χ1v) is 8.99. The van der Waals surface area contributed by atoms with Crippen molar-refractivity contribution in [3.05, 3.63) is 54.1 Å². The minimum Gasteiger partial charge on any atom is -0.497 e. The number of nitrogens with one attached hydrogen (secondary N) is 2. The summed E-state index contributed by atoms with van der Waals surface area (Å²) in [6, 6.07) is 14.4. The largest absolute Gasteiger partial charge is 0.497 e. The minimum atomic E-state index is -0.298. The predicted molar refractivity (Wildman–Crippen MR) is 112 cm³/mol. The van der Waals surface area contributed by atoms with Crippen LogP contribution >= 0.6 is 0 Å². The summed E-state index contributed by atoms with van der Waals surface area (Å²) in [7, 11) is 1.57. The van der Waals surface area contributed by atoms with Gasteiger partial charge < -0.3 is 15.4 Å². The summed E-state index contributed by atoms with van der Waals surface area (Å²) in [5.74, 6) is -0.115. The first-order valence-electron chi connectivity index (χ1n) is 8.99. The summed E-state index contributed by atoms with van der Waals surface area (Å²) < 4.78 is 4.97. The number of hydrogen-bond acceptors (Lipinski definition) is 5. The van der Waals surface area contributed by atoms with Crippen LogP contribution in [0.5, 0.6) is 5.75 Å². The smallest absolute Gasteiger partial charge is 0.231 e. The molecule has 2 aromatic carbocycles. The lowest BCUT2D eigenvalue weighted by Crippen LogP contribution is -2.15. The molecule has 0 aliphatic heterocycles. The zero-order chi connectivity index (χ0) is 21.8. The molecule has 2 aromatic rings. The van der Waals surface area contributed by atoms with Crippen molar-refractivity contribution in [1.29, 1.82) is 0 Å². The van der Waals surface area contributed by atoms with Crippen molar-refractivity contribution >= 4 is 34.8 Å². The maximum Gasteiger partial charge on any atom is 0.231 e. The van der Waals surface area contributed by atoms with E-state index in [2.05, 4.69) is 10.6 Å². The molecule has 0 aliphatic rings. The summed E-state index contributed by atoms with van der Waals surface area (Å²) in [5, 5.41) is 5.29. The van der Waals surface area contributed by atoms with Gasteiger partial charge in [0.15, 0.2) is 0 Å². The van der Waals surface area contributed by atoms with Gasteiger partial charge >= 0.3 is 0 Å². The Kier molecular flexibility index (Phi) is 9.81. The van der Waals surface area contributed by atoms with Crippen LogP contribution in [0.15, 0.2) is 48.5 Å². The van der Waals surface area contributed by atoms with Crippen molar-refractivity contribution in [1.82, 2.24) is 0 Å². The molecule has 154 valence electrons. The fourth-order valence-corrected chi connectivity index (χ4v) is 2.24. The van der Waals surface area contributed by atoms with Crippen LogP contribution in [0.2, 0.25) is 0 Å². The molecule has 7 heteroatoms. The molecule has 0 aliphatic carbocycles. The van der Waals surface area contributed by atoms with Crippen LogP contribution in [0.3, 0.4) is 0 Å². The normalized spacial score (nSPS) is 9.52. The Balaban J connectivity index is 0.000000291. The van der Waals surface area contributed by atoms with Gasteiger partial charge in [-0.05, 0) is 56.7 Å². The second-order valence-corrected chi connectivity index (χ2v) is 6.40. The van der Waals surface area contributed by atoms with E-state index in [0.717, 1.165) is 17.0 Å². The van der Waals surface area contributed by atoms with Gasteiger partial charge in [0.05, 0.1) is 20.0 Å². The fourth-order valence-electron chi connectivity index (χ4n) is 2.24. The van der Waals surface area contributed by atoms with E-state index in [0.29, 0.717) is 5.69 Å². The van der Waals surface area contributed by atoms with Crippen molar-refractivity contribution in [2.24, 2.45) is 0 Å². The van der Waals surface area contributed by atoms with Crippen molar-refractivity contribution in [3.8, 4) is 5.75 Å². The fraction of sp³-hybridized carbons (Fsp3) is 0.273. The lowest BCUT2D eigenvalue weighted by atomic mass is 10.2. The zero-order valence-electron chi connectivity index (χ0n) is 17.1. The Morgan fingerprint density at radius 1 is 0.793 bits per heavy atom. The van der Waals surface area contributed by atoms with Crippen LogP contribution in [0, 0.1) is 6.92 Å². The number of carbonyl (C=O) groups is 4. The first-order chi connectivity index (χ1) is 13.7. The summed E-state index contributed by atoms with van der Waals surface area (Å²) in [6.07, 6.45) is -0.152. The van der Waals surface area contributed by atoms with Crippen LogP contribution in [-0.4, -0.2) is 30.5 Å². The van der Waals surface area contributed by atoms with Crippen molar-refractivity contribution in [2.45, 2.75) is 33.6 Å². The monoisotopic (exact) mass is 398 g/mol. The van der Waals surface area contributed by atoms with Gasteiger partial charge in [0.25, 0.3) is 0 Å². The maximum atomic E-state index is 11.2. The molecule has 0 saturated heterocycles. The molecule has 0 unspecified atom stereocenters. The zero-order valence-corrected chi connectivity index (χ0v) is 17.1. The predicted octanol–water partition coefficient (Wildman–Crippen LogP) is 3.53. The molecule has 0 bridgehead atoms. The number of methoxy groups -OCH3 is 1. The Bertz CT molecular complexity index is 860. The number of anilines is 2. The molecule has 0 aromatic heterocycles. The van der Waals surface area contributed by atoms with E-state index in [9.17, 15) is 19.2 Å². The van der Waals surface area contributed by atoms with Gasteiger partial charge in [-0.15, -0.1) is 0 Å². The lowest BCUT2D eigenvalue weighted by Gasteiger charge is -2.06. The van der Waals surface area contributed by atoms with Gasteiger partial charge in [-0.25, -0.2) is 0 Å². The van der Waals surface area contributed by atoms with Gasteiger partial charge in [0.1, 0.15) is 17.3 Å². The van der Waals surface area contributed by atoms with E-state index in [1.807, 2.05) is 31.2 Å². The molecule has 29 heavy (non-hydrogen) atoms. The number of ether oxygens (including phenoxy) is 1. The van der Waals surface area contributed by atoms with Gasteiger partial charge in [-0.3, -0.25) is 19.2 Å². The number of ketones is 2. The van der Waals surface area contributed by atoms with Gasteiger partial charge in [-0.1, -0.05) is 18.2 Å². The van der Waals surface area contributed by atoms with E-state index in [1.165, 1.54) is 13.8 Å². The van der Waals surface area contributed by atoms with Crippen molar-refractivity contribution in [3.63, 3.8) is 0 Å². The molecule has 0 heterocycles. The number of hydrogen-bond donors (Lipinski definition) is 2. The number of rotatable bonds is 7. The number of amides is 2. The number of carbonyl (C=O) groups excluding carboxylic acids is 4. The first kappa shape index (κ1) is 23.6. The van der Waals surface area contributed by atoms with Crippen LogP contribution in [-0.2, 0) is 19.2 Å². The molecule has 2 amide bonds. The van der Waals surface area contributed by atoms with Crippen LogP contribution in [0.25, 0.3) is 0 Å². The standard InChI is InChI=1S/C11H13NO3.C11H13NO2/c1-8(13)7-11(14)12-9-3-5-10(15-2)6-4-9;1-8-5-3-4-6-10(8)12-11(14)7-9(2)13/h3-6H,7H2,1-2H3,(H,12,14);3-6H,7H2,1-2H3,(H,12,14). The van der Waals surface area contributed by atoms with Crippen LogP contribution < -0.4 is 15.4 Å². The summed E-state index contributed by atoms with van der Waals surface area (Å²) in [5.41, 5.74) is 2.41. The summed E-state index contributed by atoms with van der Waals surface area (Å²) in [6.45, 7) is 4.69. The molecule has 0 spiro atoms. The number of para-hydroxylation sites is 1. The van der Waals surface area contributed by atoms with E-state index in [1.54, 1.807) is 31.4 Å². The Morgan fingerprint density at radius 3 is 1.79 bits per heavy atom. The van der Waals surface area contributed by atoms with Crippen LogP contribution in [0.1, 0.15) is 32.3 Å². The van der Waals surface area contributed by atoms with Gasteiger partial charge in [-0.2, -0.15) is 0 Å². The third-order valence-electron chi connectivity index (χ3n) is 3.61. The number of benzene rings is 2. The molecule has 0 fully saturated rings. The average Bonchev–Trinajstić information content (AvgIpc) is 2.63. The van der Waals surface area contributed by atoms with Crippen molar-refractivity contribution < 1.29 is 23.9 Å². The Labute approximate surface area is 170 Å². The Hall–Kier alpha value is -3.48. The highest BCUT2D eigenvalue weighted by molar-refractivity contribution is 6.04. The highest BCUT2D eigenvalue weighted by Crippen LogP contribution is 2.15. The van der Waals surface area contributed by atoms with E-state index >= 15 is 0 Å². The number of aryl methyl sites for hydroxylation is 1. The van der Waals surface area contributed by atoms with E-state index in [4.69, 9.17) is 4.74 Å². The highest BCUT2D eigenvalue weighted by Gasteiger charge is 2.06. The molecule has 7 nitrogen and oxygen atoms in total. The van der Waals surface area contributed by atoms with Gasteiger partial charge in [0.2, 0.25) is 11.8 Å². The minimum absolute atomic E-state index is 0.0612. The molecular weight excluding hydrogens is 372 g/mol. The Morgan fingerprint density at radius 2 is 1.31 bits per heavy atom. The third kappa shape index (κ3) is 9.86. The van der Waals surface area contributed by atoms with Gasteiger partial charge in [0, 0.05) is 11.4 Å². The average molecular weight is 398 g/mol. The second kappa shape index (κ2) is 12.1. The SMILES string of the molecule is CC(=O)CC(=O)Nc1ccccc1C.COc1ccc(NC(=O)CC(C)=O)cc1. The molecule has 2 N–H and O–H groups in total. The highest BCUT2D eigenvalue weighted by atomic mass is 16.5. The molecule has 2 rings (SSSR count). The van der Waals surface area contributed by atoms with E-state index < -0.39 is 0 Å². The maximum absolute atomic E-state index is 11.2. The second-order valence-electron chi connectivity index (χ2n) is 6.40. The quantitative estimate of drug-likeness (QED) is 0.695. The topological polar surface area (TPSA) is 102 Å². The molecule has 0 radical (unpaired) electrons. The molecule has 0 atom stereocenters. The van der Waals surface area contributed by atoms with Crippen LogP contribution in [0.4, 0.5) is 11.4 Å². The van der Waals surface area contributed by atoms with Crippen molar-refractivity contribution in [2.75, 3.05) is 17.7 Å². The number of Topliss-reactive ketones (excluding diaryl/α,β-unsaturated/α-hetero) is 2.